The Morgan fingerprint density at radius 2 is 1.77 bits per heavy atom. The second kappa shape index (κ2) is 7.26. The van der Waals surface area contributed by atoms with E-state index in [1.165, 1.54) is 12.1 Å². The number of nitrogens with one attached hydrogen (secondary N) is 1. The molecule has 5 nitrogen and oxygen atoms in total. The standard InChI is InChI=1S/C17H17NO4/c1-12-6-8-13(9-7-12)10-18-16(20)11-22-17(21)14-4-2-3-5-15(14)19/h2-9,19H,10-11H2,1H3,(H,18,20). The van der Waals surface area contributed by atoms with Crippen LogP contribution in [0.15, 0.2) is 48.5 Å². The molecule has 0 spiro atoms. The molecule has 0 heterocycles. The van der Waals surface area contributed by atoms with Crippen LogP contribution in [0.3, 0.4) is 0 Å². The maximum atomic E-state index is 11.7. The Hall–Kier alpha value is -2.82. The van der Waals surface area contributed by atoms with Crippen LogP contribution >= 0.6 is 0 Å². The molecule has 0 saturated heterocycles. The van der Waals surface area contributed by atoms with Crippen LogP contribution in [0.4, 0.5) is 0 Å². The molecule has 0 radical (unpaired) electrons. The van der Waals surface area contributed by atoms with Gasteiger partial charge in [0.2, 0.25) is 0 Å². The summed E-state index contributed by atoms with van der Waals surface area (Å²) in [5, 5.41) is 12.2. The second-order valence-corrected chi connectivity index (χ2v) is 4.86. The topological polar surface area (TPSA) is 75.6 Å². The van der Waals surface area contributed by atoms with Gasteiger partial charge in [-0.2, -0.15) is 0 Å². The van der Waals surface area contributed by atoms with Crippen molar-refractivity contribution in [2.24, 2.45) is 0 Å². The van der Waals surface area contributed by atoms with Gasteiger partial charge in [0.15, 0.2) is 6.61 Å². The number of carbonyl (C=O) groups excluding carboxylic acids is 2. The van der Waals surface area contributed by atoms with E-state index >= 15 is 0 Å². The third-order valence-corrected chi connectivity index (χ3v) is 3.07. The number of rotatable bonds is 5. The molecule has 0 atom stereocenters. The highest BCUT2D eigenvalue weighted by atomic mass is 16.5. The zero-order valence-corrected chi connectivity index (χ0v) is 12.2. The molecule has 2 aromatic carbocycles. The van der Waals surface area contributed by atoms with Crippen molar-refractivity contribution in [2.75, 3.05) is 6.61 Å². The Morgan fingerprint density at radius 3 is 2.45 bits per heavy atom. The van der Waals surface area contributed by atoms with Gasteiger partial charge in [0.05, 0.1) is 0 Å². The fourth-order valence-electron chi connectivity index (χ4n) is 1.81. The minimum Gasteiger partial charge on any atom is -0.507 e. The summed E-state index contributed by atoms with van der Waals surface area (Å²) in [6.45, 7) is 1.97. The number of phenols is 1. The van der Waals surface area contributed by atoms with Gasteiger partial charge in [-0.3, -0.25) is 4.79 Å². The van der Waals surface area contributed by atoms with Crippen molar-refractivity contribution in [1.29, 1.82) is 0 Å². The quantitative estimate of drug-likeness (QED) is 0.830. The van der Waals surface area contributed by atoms with Crippen LogP contribution in [0.1, 0.15) is 21.5 Å². The van der Waals surface area contributed by atoms with E-state index in [4.69, 9.17) is 4.74 Å². The van der Waals surface area contributed by atoms with Gasteiger partial charge in [-0.15, -0.1) is 0 Å². The molecule has 2 aromatic rings. The van der Waals surface area contributed by atoms with Gasteiger partial charge in [-0.25, -0.2) is 4.79 Å². The smallest absolute Gasteiger partial charge is 0.342 e. The third-order valence-electron chi connectivity index (χ3n) is 3.07. The molecule has 0 aliphatic carbocycles. The first-order chi connectivity index (χ1) is 10.6. The lowest BCUT2D eigenvalue weighted by molar-refractivity contribution is -0.124. The molecule has 0 fully saturated rings. The van der Waals surface area contributed by atoms with Gasteiger partial charge >= 0.3 is 5.97 Å². The van der Waals surface area contributed by atoms with Gasteiger partial charge in [0, 0.05) is 6.54 Å². The fourth-order valence-corrected chi connectivity index (χ4v) is 1.81. The number of aromatic hydroxyl groups is 1. The van der Waals surface area contributed by atoms with Crippen LogP contribution in [0.5, 0.6) is 5.75 Å². The van der Waals surface area contributed by atoms with Crippen LogP contribution in [0.2, 0.25) is 0 Å². The number of phenolic OH excluding ortho intramolecular Hbond substituents is 1. The normalized spacial score (nSPS) is 10.0. The highest BCUT2D eigenvalue weighted by Gasteiger charge is 2.13. The molecule has 2 N–H and O–H groups in total. The lowest BCUT2D eigenvalue weighted by Gasteiger charge is -2.07. The summed E-state index contributed by atoms with van der Waals surface area (Å²) in [6, 6.07) is 13.8. The zero-order chi connectivity index (χ0) is 15.9. The van der Waals surface area contributed by atoms with E-state index in [0.717, 1.165) is 11.1 Å². The lowest BCUT2D eigenvalue weighted by atomic mass is 10.1. The Morgan fingerprint density at radius 1 is 1.09 bits per heavy atom. The summed E-state index contributed by atoms with van der Waals surface area (Å²) in [6.07, 6.45) is 0. The first kappa shape index (κ1) is 15.6. The largest absolute Gasteiger partial charge is 0.507 e. The van der Waals surface area contributed by atoms with Crippen molar-refractivity contribution >= 4 is 11.9 Å². The number of para-hydroxylation sites is 1. The number of carbonyl (C=O) groups is 2. The van der Waals surface area contributed by atoms with Crippen molar-refractivity contribution in [2.45, 2.75) is 13.5 Å². The molecule has 114 valence electrons. The molecule has 0 aromatic heterocycles. The summed E-state index contributed by atoms with van der Waals surface area (Å²) in [7, 11) is 0. The van der Waals surface area contributed by atoms with E-state index in [0.29, 0.717) is 6.54 Å². The molecule has 0 aliphatic rings. The van der Waals surface area contributed by atoms with Crippen molar-refractivity contribution in [1.82, 2.24) is 5.32 Å². The highest BCUT2D eigenvalue weighted by Crippen LogP contribution is 2.16. The maximum absolute atomic E-state index is 11.7. The minimum atomic E-state index is -0.733. The lowest BCUT2D eigenvalue weighted by Crippen LogP contribution is -2.28. The van der Waals surface area contributed by atoms with E-state index < -0.39 is 11.9 Å². The van der Waals surface area contributed by atoms with E-state index in [1.807, 2.05) is 31.2 Å². The average Bonchev–Trinajstić information content (AvgIpc) is 2.52. The fraction of sp³-hybridized carbons (Fsp3) is 0.176. The highest BCUT2D eigenvalue weighted by molar-refractivity contribution is 5.93. The molecule has 22 heavy (non-hydrogen) atoms. The number of hydrogen-bond acceptors (Lipinski definition) is 4. The maximum Gasteiger partial charge on any atom is 0.342 e. The van der Waals surface area contributed by atoms with Gasteiger partial charge in [0.1, 0.15) is 11.3 Å². The molecule has 0 bridgehead atoms. The van der Waals surface area contributed by atoms with Crippen LogP contribution in [0.25, 0.3) is 0 Å². The number of esters is 1. The predicted molar refractivity (Wildman–Crippen MR) is 81.4 cm³/mol. The average molecular weight is 299 g/mol. The Kier molecular flexibility index (Phi) is 5.14. The Labute approximate surface area is 128 Å². The van der Waals surface area contributed by atoms with Crippen molar-refractivity contribution in [3.8, 4) is 5.75 Å². The first-order valence-corrected chi connectivity index (χ1v) is 6.83. The summed E-state index contributed by atoms with van der Waals surface area (Å²) in [5.41, 5.74) is 2.14. The summed E-state index contributed by atoms with van der Waals surface area (Å²) < 4.78 is 4.87. The van der Waals surface area contributed by atoms with Gasteiger partial charge in [-0.05, 0) is 24.6 Å². The van der Waals surface area contributed by atoms with E-state index in [-0.39, 0.29) is 17.9 Å². The molecular formula is C17H17NO4. The minimum absolute atomic E-state index is 0.0360. The number of hydrogen-bond donors (Lipinski definition) is 2. The molecule has 1 amide bonds. The monoisotopic (exact) mass is 299 g/mol. The van der Waals surface area contributed by atoms with Gasteiger partial charge in [-0.1, -0.05) is 42.0 Å². The molecular weight excluding hydrogens is 282 g/mol. The van der Waals surface area contributed by atoms with Crippen LogP contribution in [-0.4, -0.2) is 23.6 Å². The molecule has 0 aliphatic heterocycles. The third kappa shape index (κ3) is 4.34. The van der Waals surface area contributed by atoms with Crippen molar-refractivity contribution in [3.63, 3.8) is 0 Å². The van der Waals surface area contributed by atoms with Crippen LogP contribution < -0.4 is 5.32 Å². The van der Waals surface area contributed by atoms with Crippen LogP contribution in [-0.2, 0) is 16.1 Å². The predicted octanol–water partition coefficient (Wildman–Crippen LogP) is 2.17. The zero-order valence-electron chi connectivity index (χ0n) is 12.2. The van der Waals surface area contributed by atoms with E-state index in [9.17, 15) is 14.7 Å². The number of ether oxygens (including phenoxy) is 1. The number of benzene rings is 2. The Balaban J connectivity index is 1.79. The molecule has 0 unspecified atom stereocenters. The van der Waals surface area contributed by atoms with E-state index in [1.54, 1.807) is 12.1 Å². The van der Waals surface area contributed by atoms with Crippen molar-refractivity contribution < 1.29 is 19.4 Å². The summed E-state index contributed by atoms with van der Waals surface area (Å²) >= 11 is 0. The number of amides is 1. The molecule has 5 heteroatoms. The second-order valence-electron chi connectivity index (χ2n) is 4.86. The van der Waals surface area contributed by atoms with Gasteiger partial charge < -0.3 is 15.2 Å². The SMILES string of the molecule is Cc1ccc(CNC(=O)COC(=O)c2ccccc2O)cc1. The molecule has 2 rings (SSSR count). The summed E-state index contributed by atoms with van der Waals surface area (Å²) in [5.74, 6) is -1.31. The summed E-state index contributed by atoms with van der Waals surface area (Å²) in [4.78, 5) is 23.4. The van der Waals surface area contributed by atoms with Crippen LogP contribution in [0, 0.1) is 6.92 Å². The first-order valence-electron chi connectivity index (χ1n) is 6.83. The van der Waals surface area contributed by atoms with Crippen molar-refractivity contribution in [3.05, 3.63) is 65.2 Å². The van der Waals surface area contributed by atoms with E-state index in [2.05, 4.69) is 5.32 Å². The molecule has 0 saturated carbocycles. The number of aryl methyl sites for hydroxylation is 1. The van der Waals surface area contributed by atoms with Gasteiger partial charge in [0.25, 0.3) is 5.91 Å². The Bertz CT molecular complexity index is 665.